The second-order valence-corrected chi connectivity index (χ2v) is 10.2. The van der Waals surface area contributed by atoms with Gasteiger partial charge in [0.2, 0.25) is 29.8 Å². The molecule has 16 heteroatoms. The molecule has 0 unspecified atom stereocenters. The Balaban J connectivity index is 1.67. The molecule has 0 aliphatic carbocycles. The molecule has 2 aliphatic heterocycles. The molecule has 0 bridgehead atoms. The van der Waals surface area contributed by atoms with Gasteiger partial charge in [-0.2, -0.15) is 0 Å². The van der Waals surface area contributed by atoms with Crippen LogP contribution in [-0.4, -0.2) is 119 Å². The summed E-state index contributed by atoms with van der Waals surface area (Å²) in [5.41, 5.74) is -1.24. The number of aliphatic hydroxyl groups excluding tert-OH is 7. The zero-order chi connectivity index (χ0) is 31.3. The highest BCUT2D eigenvalue weighted by atomic mass is 16.7. The molecule has 234 valence electrons. The van der Waals surface area contributed by atoms with Gasteiger partial charge in [0, 0.05) is 11.6 Å². The molecule has 0 amide bonds. The topological polar surface area (TPSA) is 269 Å². The van der Waals surface area contributed by atoms with E-state index in [1.54, 1.807) is 0 Å². The van der Waals surface area contributed by atoms with Crippen molar-refractivity contribution in [2.45, 2.75) is 68.3 Å². The van der Waals surface area contributed by atoms with E-state index in [1.807, 2.05) is 0 Å². The molecule has 3 heterocycles. The highest BCUT2D eigenvalue weighted by Crippen LogP contribution is 2.51. The average molecular weight is 611 g/mol. The van der Waals surface area contributed by atoms with Gasteiger partial charge in [-0.25, -0.2) is 0 Å². The third-order valence-electron chi connectivity index (χ3n) is 7.31. The van der Waals surface area contributed by atoms with E-state index >= 15 is 0 Å². The Morgan fingerprint density at radius 2 is 1.33 bits per heavy atom. The molecule has 1 aromatic heterocycles. The van der Waals surface area contributed by atoms with Crippen LogP contribution in [0.5, 0.6) is 28.7 Å². The smallest absolute Gasteiger partial charge is 0.229 e. The number of hydrogen-bond donors (Lipinski definition) is 10. The fourth-order valence-corrected chi connectivity index (χ4v) is 4.81. The van der Waals surface area contributed by atoms with Crippen LogP contribution >= 0.6 is 0 Å². The van der Waals surface area contributed by atoms with Crippen molar-refractivity contribution >= 4 is 11.0 Å². The van der Waals surface area contributed by atoms with Gasteiger partial charge in [-0.1, -0.05) is 0 Å². The van der Waals surface area contributed by atoms with Crippen molar-refractivity contribution in [1.82, 2.24) is 0 Å². The van der Waals surface area contributed by atoms with Crippen molar-refractivity contribution in [1.29, 1.82) is 0 Å². The Morgan fingerprint density at radius 3 is 1.95 bits per heavy atom. The number of ether oxygens (including phenoxy) is 4. The molecule has 2 aliphatic rings. The maximum Gasteiger partial charge on any atom is 0.229 e. The zero-order valence-corrected chi connectivity index (χ0v) is 22.3. The monoisotopic (exact) mass is 610 g/mol. The highest BCUT2D eigenvalue weighted by molar-refractivity contribution is 5.95. The molecule has 2 aromatic carbocycles. The third kappa shape index (κ3) is 5.44. The van der Waals surface area contributed by atoms with Gasteiger partial charge < -0.3 is 74.4 Å². The number of phenolic OH excluding ortho intramolecular Hbond substituents is 3. The molecule has 10 N–H and O–H groups in total. The number of benzene rings is 2. The SMILES string of the molecule is C[C@H]1O[C@@H](Oc2c(O)c(O[C@@H]3O[C@H](CO)[C@@H](O)[C@@H](O)[C@H]3O)c3oc(-c4ccc(O)cc4)cc(=O)c3c2O)[C@@H](O)[C@@H](O)[C@@H]1O. The fourth-order valence-electron chi connectivity index (χ4n) is 4.81. The van der Waals surface area contributed by atoms with Crippen molar-refractivity contribution in [3.63, 3.8) is 0 Å². The number of fused-ring (bicyclic) bond motifs is 1. The van der Waals surface area contributed by atoms with E-state index in [0.29, 0.717) is 0 Å². The average Bonchev–Trinajstić information content (AvgIpc) is 2.98. The van der Waals surface area contributed by atoms with E-state index in [1.165, 1.54) is 31.2 Å². The van der Waals surface area contributed by atoms with Crippen LogP contribution in [0, 0.1) is 0 Å². The molecular weight excluding hydrogens is 580 g/mol. The standard InChI is InChI=1S/C27H30O16/c1-8-15(31)18(34)20(36)26(39-8)42-24-17(33)14-11(30)6-12(9-2-4-10(29)5-3-9)40-23(14)25(22(24)38)43-27-21(37)19(35)16(32)13(7-28)41-27/h2-6,8,13,15-16,18-21,26-29,31-38H,7H2,1H3/t8-,13-,15-,16-,18+,19-,20+,21-,26+,27+/m1/s1. The van der Waals surface area contributed by atoms with Gasteiger partial charge in [0.1, 0.15) is 59.6 Å². The van der Waals surface area contributed by atoms with E-state index in [-0.39, 0.29) is 17.1 Å². The van der Waals surface area contributed by atoms with Crippen molar-refractivity contribution < 1.29 is 74.4 Å². The van der Waals surface area contributed by atoms with Gasteiger partial charge in [0.25, 0.3) is 0 Å². The minimum Gasteiger partial charge on any atom is -0.508 e. The van der Waals surface area contributed by atoms with Gasteiger partial charge in [0.05, 0.1) is 12.7 Å². The first-order valence-electron chi connectivity index (χ1n) is 13.0. The Morgan fingerprint density at radius 1 is 0.744 bits per heavy atom. The van der Waals surface area contributed by atoms with Crippen molar-refractivity contribution in [2.24, 2.45) is 0 Å². The summed E-state index contributed by atoms with van der Waals surface area (Å²) in [6.45, 7) is 0.536. The molecular formula is C27H30O16. The summed E-state index contributed by atoms with van der Waals surface area (Å²) < 4.78 is 27.7. The molecule has 3 aromatic rings. The predicted molar refractivity (Wildman–Crippen MR) is 140 cm³/mol. The van der Waals surface area contributed by atoms with Crippen LogP contribution in [0.25, 0.3) is 22.3 Å². The number of hydrogen-bond acceptors (Lipinski definition) is 16. The lowest BCUT2D eigenvalue weighted by molar-refractivity contribution is -0.277. The second-order valence-electron chi connectivity index (χ2n) is 10.2. The molecule has 5 rings (SSSR count). The van der Waals surface area contributed by atoms with Crippen LogP contribution in [0.1, 0.15) is 6.92 Å². The van der Waals surface area contributed by atoms with E-state index in [4.69, 9.17) is 23.4 Å². The van der Waals surface area contributed by atoms with E-state index < -0.39 is 107 Å². The Bertz CT molecular complexity index is 1520. The third-order valence-corrected chi connectivity index (χ3v) is 7.31. The quantitative estimate of drug-likeness (QED) is 0.144. The number of aliphatic hydroxyl groups is 7. The first-order chi connectivity index (χ1) is 20.3. The van der Waals surface area contributed by atoms with Crippen LogP contribution in [0.3, 0.4) is 0 Å². The number of phenols is 3. The Kier molecular flexibility index (Phi) is 8.41. The molecule has 0 saturated carbocycles. The molecule has 10 atom stereocenters. The van der Waals surface area contributed by atoms with Crippen LogP contribution in [0.15, 0.2) is 39.5 Å². The van der Waals surface area contributed by atoms with Crippen molar-refractivity contribution in [3.8, 4) is 40.1 Å². The lowest BCUT2D eigenvalue weighted by Crippen LogP contribution is -2.60. The molecule has 2 fully saturated rings. The normalized spacial score (nSPS) is 32.9. The van der Waals surface area contributed by atoms with Crippen molar-refractivity contribution in [3.05, 3.63) is 40.6 Å². The summed E-state index contributed by atoms with van der Waals surface area (Å²) >= 11 is 0. The second kappa shape index (κ2) is 11.8. The van der Waals surface area contributed by atoms with E-state index in [2.05, 4.69) is 0 Å². The van der Waals surface area contributed by atoms with Gasteiger partial charge in [-0.15, -0.1) is 0 Å². The minimum absolute atomic E-state index is 0.0883. The predicted octanol–water partition coefficient (Wildman–Crippen LogP) is -2.04. The summed E-state index contributed by atoms with van der Waals surface area (Å²) in [6, 6.07) is 6.38. The lowest BCUT2D eigenvalue weighted by atomic mass is 9.99. The minimum atomic E-state index is -1.97. The van der Waals surface area contributed by atoms with Crippen LogP contribution in [-0.2, 0) is 9.47 Å². The largest absolute Gasteiger partial charge is 0.508 e. The van der Waals surface area contributed by atoms with Crippen LogP contribution in [0.4, 0.5) is 0 Å². The highest BCUT2D eigenvalue weighted by Gasteiger charge is 2.47. The summed E-state index contributed by atoms with van der Waals surface area (Å²) in [6.07, 6.45) is -17.0. The van der Waals surface area contributed by atoms with Crippen LogP contribution in [0.2, 0.25) is 0 Å². The first-order valence-corrected chi connectivity index (χ1v) is 13.0. The maximum absolute atomic E-state index is 13.3. The Labute approximate surface area is 241 Å². The Hall–Kier alpha value is -3.71. The lowest BCUT2D eigenvalue weighted by Gasteiger charge is -2.40. The molecule has 0 spiro atoms. The maximum atomic E-state index is 13.3. The zero-order valence-electron chi connectivity index (χ0n) is 22.3. The van der Waals surface area contributed by atoms with Gasteiger partial charge in [-0.05, 0) is 31.2 Å². The summed E-state index contributed by atoms with van der Waals surface area (Å²) in [5, 5.41) is 102. The van der Waals surface area contributed by atoms with E-state index in [0.717, 1.165) is 6.07 Å². The van der Waals surface area contributed by atoms with E-state index in [9.17, 15) is 55.9 Å². The molecule has 16 nitrogen and oxygen atoms in total. The molecule has 43 heavy (non-hydrogen) atoms. The van der Waals surface area contributed by atoms with Gasteiger partial charge >= 0.3 is 0 Å². The van der Waals surface area contributed by atoms with Gasteiger partial charge in [0.15, 0.2) is 16.8 Å². The first kappa shape index (κ1) is 30.7. The number of aromatic hydroxyl groups is 3. The van der Waals surface area contributed by atoms with Crippen LogP contribution < -0.4 is 14.9 Å². The summed E-state index contributed by atoms with van der Waals surface area (Å²) in [5.74, 6) is -4.00. The van der Waals surface area contributed by atoms with Gasteiger partial charge in [-0.3, -0.25) is 4.79 Å². The molecule has 2 saturated heterocycles. The molecule has 0 radical (unpaired) electrons. The number of rotatable bonds is 6. The summed E-state index contributed by atoms with van der Waals surface area (Å²) in [7, 11) is 0. The van der Waals surface area contributed by atoms with Crippen molar-refractivity contribution in [2.75, 3.05) is 6.61 Å². The fraction of sp³-hybridized carbons (Fsp3) is 0.444. The summed E-state index contributed by atoms with van der Waals surface area (Å²) in [4.78, 5) is 13.3.